The zero-order chi connectivity index (χ0) is 7.72. The number of aliphatic hydroxyl groups excluding tert-OH is 1. The van der Waals surface area contributed by atoms with Crippen LogP contribution in [0.2, 0.25) is 0 Å². The van der Waals surface area contributed by atoms with Gasteiger partial charge >= 0.3 is 6.09 Å². The molecule has 0 radical (unpaired) electrons. The highest BCUT2D eigenvalue weighted by atomic mass is 16.4. The number of nitrogens with zero attached hydrogens (tertiary/aromatic N) is 1. The zero-order valence-corrected chi connectivity index (χ0v) is 5.40. The second-order valence-corrected chi connectivity index (χ2v) is 2.42. The average molecular weight is 146 g/mol. The molecule has 1 amide bonds. The Kier molecular flexibility index (Phi) is 1.78. The van der Waals surface area contributed by atoms with Gasteiger partial charge in [-0.3, -0.25) is 0 Å². The van der Waals surface area contributed by atoms with Crippen LogP contribution in [0.5, 0.6) is 0 Å². The van der Waals surface area contributed by atoms with Crippen molar-refractivity contribution in [1.29, 1.82) is 0 Å². The van der Waals surface area contributed by atoms with E-state index in [0.717, 1.165) is 4.90 Å². The average Bonchev–Trinajstić information content (AvgIpc) is 2.13. The van der Waals surface area contributed by atoms with Gasteiger partial charge in [-0.25, -0.2) is 4.79 Å². The molecule has 58 valence electrons. The van der Waals surface area contributed by atoms with Crippen molar-refractivity contribution < 1.29 is 15.0 Å². The van der Waals surface area contributed by atoms with Crippen molar-refractivity contribution in [2.45, 2.75) is 12.1 Å². The van der Waals surface area contributed by atoms with E-state index in [9.17, 15) is 4.79 Å². The lowest BCUT2D eigenvalue weighted by atomic mass is 10.2. The highest BCUT2D eigenvalue weighted by Gasteiger charge is 2.30. The smallest absolute Gasteiger partial charge is 0.407 e. The lowest BCUT2D eigenvalue weighted by Gasteiger charge is -2.08. The summed E-state index contributed by atoms with van der Waals surface area (Å²) >= 11 is 0. The topological polar surface area (TPSA) is 86.8 Å². The van der Waals surface area contributed by atoms with E-state index in [1.54, 1.807) is 0 Å². The van der Waals surface area contributed by atoms with Gasteiger partial charge in [-0.1, -0.05) is 0 Å². The fourth-order valence-corrected chi connectivity index (χ4v) is 0.968. The Morgan fingerprint density at radius 3 is 2.40 bits per heavy atom. The number of likely N-dealkylation sites (tertiary alicyclic amines) is 1. The van der Waals surface area contributed by atoms with Crippen molar-refractivity contribution in [2.24, 2.45) is 5.73 Å². The van der Waals surface area contributed by atoms with Crippen LogP contribution in [0.3, 0.4) is 0 Å². The molecule has 0 aromatic heterocycles. The molecule has 1 fully saturated rings. The third kappa shape index (κ3) is 1.19. The van der Waals surface area contributed by atoms with Crippen LogP contribution in [0.4, 0.5) is 4.79 Å². The first-order valence-electron chi connectivity index (χ1n) is 3.03. The van der Waals surface area contributed by atoms with Crippen molar-refractivity contribution in [3.05, 3.63) is 0 Å². The van der Waals surface area contributed by atoms with Crippen molar-refractivity contribution in [1.82, 2.24) is 4.90 Å². The van der Waals surface area contributed by atoms with Gasteiger partial charge in [0, 0.05) is 6.54 Å². The van der Waals surface area contributed by atoms with E-state index < -0.39 is 18.2 Å². The van der Waals surface area contributed by atoms with E-state index in [2.05, 4.69) is 0 Å². The number of β-amino-alcohol motifs (C(OH)–C–C–N with tert-alkyl or cyclic N) is 1. The number of carboxylic acid groups (broad SMARTS) is 1. The summed E-state index contributed by atoms with van der Waals surface area (Å²) in [7, 11) is 0. The van der Waals surface area contributed by atoms with Crippen molar-refractivity contribution in [3.8, 4) is 0 Å². The minimum Gasteiger partial charge on any atom is -0.465 e. The van der Waals surface area contributed by atoms with Crippen LogP contribution < -0.4 is 5.73 Å². The number of hydrogen-bond acceptors (Lipinski definition) is 3. The number of hydrogen-bond donors (Lipinski definition) is 3. The molecule has 1 aliphatic heterocycles. The maximum absolute atomic E-state index is 10.3. The van der Waals surface area contributed by atoms with Crippen molar-refractivity contribution >= 4 is 6.09 Å². The molecule has 0 unspecified atom stereocenters. The predicted molar refractivity (Wildman–Crippen MR) is 33.6 cm³/mol. The monoisotopic (exact) mass is 146 g/mol. The Morgan fingerprint density at radius 1 is 1.60 bits per heavy atom. The standard InChI is InChI=1S/C5H10N2O3/c6-3-1-7(5(9)10)2-4(3)8/h3-4,8H,1-2,6H2,(H,9,10)/t3-,4-/m0/s1. The Bertz CT molecular complexity index is 140. The van der Waals surface area contributed by atoms with Gasteiger partial charge < -0.3 is 20.8 Å². The molecule has 0 aliphatic carbocycles. The van der Waals surface area contributed by atoms with Crippen LogP contribution in [-0.4, -0.2) is 46.4 Å². The van der Waals surface area contributed by atoms with Crippen molar-refractivity contribution in [3.63, 3.8) is 0 Å². The van der Waals surface area contributed by atoms with E-state index >= 15 is 0 Å². The molecular formula is C5H10N2O3. The molecule has 4 N–H and O–H groups in total. The molecule has 0 aromatic carbocycles. The second kappa shape index (κ2) is 2.43. The summed E-state index contributed by atoms with van der Waals surface area (Å²) in [4.78, 5) is 11.4. The van der Waals surface area contributed by atoms with Gasteiger partial charge in [0.15, 0.2) is 0 Å². The minimum atomic E-state index is -1.02. The normalized spacial score (nSPS) is 32.8. The van der Waals surface area contributed by atoms with Gasteiger partial charge in [-0.05, 0) is 0 Å². The number of aliphatic hydroxyl groups is 1. The summed E-state index contributed by atoms with van der Waals surface area (Å²) in [6, 6.07) is -0.420. The molecule has 5 nitrogen and oxygen atoms in total. The summed E-state index contributed by atoms with van der Waals surface area (Å²) in [6.45, 7) is 0.368. The molecule has 0 aromatic rings. The maximum atomic E-state index is 10.3. The lowest BCUT2D eigenvalue weighted by Crippen LogP contribution is -2.33. The lowest BCUT2D eigenvalue weighted by molar-refractivity contribution is 0.138. The fourth-order valence-electron chi connectivity index (χ4n) is 0.968. The van der Waals surface area contributed by atoms with Gasteiger partial charge in [0.1, 0.15) is 0 Å². The molecule has 0 saturated carbocycles. The molecule has 0 spiro atoms. The Morgan fingerprint density at radius 2 is 2.20 bits per heavy atom. The SMILES string of the molecule is N[C@H]1CN(C(=O)O)C[C@@H]1O. The van der Waals surface area contributed by atoms with Crippen LogP contribution in [0.15, 0.2) is 0 Å². The molecule has 10 heavy (non-hydrogen) atoms. The van der Waals surface area contributed by atoms with Crippen LogP contribution >= 0.6 is 0 Å². The van der Waals surface area contributed by atoms with E-state index in [-0.39, 0.29) is 13.1 Å². The Balaban J connectivity index is 2.49. The van der Waals surface area contributed by atoms with E-state index in [4.69, 9.17) is 15.9 Å². The summed E-state index contributed by atoms with van der Waals surface area (Å²) in [5.74, 6) is 0. The summed E-state index contributed by atoms with van der Waals surface area (Å²) in [5, 5.41) is 17.4. The van der Waals surface area contributed by atoms with E-state index in [0.29, 0.717) is 0 Å². The molecule has 1 aliphatic rings. The quantitative estimate of drug-likeness (QED) is 0.395. The van der Waals surface area contributed by atoms with E-state index in [1.165, 1.54) is 0 Å². The molecular weight excluding hydrogens is 136 g/mol. The van der Waals surface area contributed by atoms with Crippen LogP contribution in [0, 0.1) is 0 Å². The molecule has 5 heteroatoms. The molecule has 1 heterocycles. The highest BCUT2D eigenvalue weighted by Crippen LogP contribution is 2.07. The second-order valence-electron chi connectivity index (χ2n) is 2.42. The third-order valence-corrected chi connectivity index (χ3v) is 1.60. The van der Waals surface area contributed by atoms with Crippen molar-refractivity contribution in [2.75, 3.05) is 13.1 Å². The molecule has 0 bridgehead atoms. The van der Waals surface area contributed by atoms with Gasteiger partial charge in [-0.15, -0.1) is 0 Å². The maximum Gasteiger partial charge on any atom is 0.407 e. The molecule has 1 rings (SSSR count). The predicted octanol–water partition coefficient (Wildman–Crippen LogP) is -1.33. The number of amides is 1. The summed E-state index contributed by atoms with van der Waals surface area (Å²) < 4.78 is 0. The van der Waals surface area contributed by atoms with Gasteiger partial charge in [-0.2, -0.15) is 0 Å². The van der Waals surface area contributed by atoms with E-state index in [1.807, 2.05) is 0 Å². The zero-order valence-electron chi connectivity index (χ0n) is 5.40. The summed E-state index contributed by atoms with van der Waals surface area (Å²) in [6.07, 6.45) is -1.72. The number of rotatable bonds is 0. The van der Waals surface area contributed by atoms with Crippen LogP contribution in [0.25, 0.3) is 0 Å². The molecule has 2 atom stereocenters. The Labute approximate surface area is 58.0 Å². The van der Waals surface area contributed by atoms with Gasteiger partial charge in [0.05, 0.1) is 18.7 Å². The number of nitrogens with two attached hydrogens (primary N) is 1. The third-order valence-electron chi connectivity index (χ3n) is 1.60. The Hall–Kier alpha value is -0.810. The first kappa shape index (κ1) is 7.30. The first-order chi connectivity index (χ1) is 4.61. The van der Waals surface area contributed by atoms with Gasteiger partial charge in [0.25, 0.3) is 0 Å². The van der Waals surface area contributed by atoms with Crippen LogP contribution in [0.1, 0.15) is 0 Å². The highest BCUT2D eigenvalue weighted by molar-refractivity contribution is 5.65. The fraction of sp³-hybridized carbons (Fsp3) is 0.800. The summed E-state index contributed by atoms with van der Waals surface area (Å²) in [5.41, 5.74) is 5.35. The molecule has 1 saturated heterocycles. The largest absolute Gasteiger partial charge is 0.465 e. The van der Waals surface area contributed by atoms with Crippen LogP contribution in [-0.2, 0) is 0 Å². The van der Waals surface area contributed by atoms with Gasteiger partial charge in [0.2, 0.25) is 0 Å². The number of carbonyl (C=O) groups is 1. The minimum absolute atomic E-state index is 0.135. The first-order valence-corrected chi connectivity index (χ1v) is 3.03.